The second-order valence-corrected chi connectivity index (χ2v) is 12.3. The molecule has 202 valence electrons. The summed E-state index contributed by atoms with van der Waals surface area (Å²) in [4.78, 5) is 48.8. The fraction of sp³-hybridized carbons (Fsp3) is 0.368. The molecule has 0 aromatic carbocycles. The molecule has 0 spiro atoms. The number of nitro groups is 2. The molecule has 3 atom stereocenters. The van der Waals surface area contributed by atoms with Crippen LogP contribution in [-0.4, -0.2) is 53.9 Å². The van der Waals surface area contributed by atoms with Crippen molar-refractivity contribution < 1.29 is 28.9 Å². The van der Waals surface area contributed by atoms with Crippen molar-refractivity contribution in [2.24, 2.45) is 0 Å². The summed E-state index contributed by atoms with van der Waals surface area (Å²) in [5, 5.41) is 22.2. The predicted octanol–water partition coefficient (Wildman–Crippen LogP) is 7.38. The topological polar surface area (TPSA) is 165 Å². The summed E-state index contributed by atoms with van der Waals surface area (Å²) in [7, 11) is 5.56. The van der Waals surface area contributed by atoms with Crippen LogP contribution in [-0.2, 0) is 9.47 Å². The molecule has 0 fully saturated rings. The molecule has 0 aliphatic carbocycles. The summed E-state index contributed by atoms with van der Waals surface area (Å²) in [6, 6.07) is 5.91. The Bertz CT molecular complexity index is 1050. The maximum Gasteiger partial charge on any atom is 0.404 e. The number of rotatable bonds is 12. The van der Waals surface area contributed by atoms with Crippen molar-refractivity contribution in [1.29, 1.82) is 0 Å². The van der Waals surface area contributed by atoms with E-state index in [0.29, 0.717) is 15.8 Å². The number of carbonyl (C=O) groups is 2. The number of hydrogen-bond acceptors (Lipinski definition) is 14. The highest BCUT2D eigenvalue weighted by Crippen LogP contribution is 2.35. The zero-order valence-electron chi connectivity index (χ0n) is 19.3. The third kappa shape index (κ3) is 14.5. The zero-order valence-corrected chi connectivity index (χ0v) is 24.1. The first kappa shape index (κ1) is 33.0. The van der Waals surface area contributed by atoms with Crippen molar-refractivity contribution in [3.05, 3.63) is 56.9 Å². The van der Waals surface area contributed by atoms with Gasteiger partial charge in [0, 0.05) is 46.3 Å². The Morgan fingerprint density at radius 3 is 1.78 bits per heavy atom. The van der Waals surface area contributed by atoms with Crippen molar-refractivity contribution >= 4 is 88.6 Å². The Hall–Kier alpha value is -1.98. The van der Waals surface area contributed by atoms with E-state index in [1.165, 1.54) is 67.7 Å². The minimum atomic E-state index is -0.835. The van der Waals surface area contributed by atoms with Gasteiger partial charge in [-0.05, 0) is 54.5 Å². The standard InChI is InChI=1S/C10H11ClN2O4S2.C9H9ClN2O4S2/c1-6(17-10(11)14)7(2)18-19-9-4-3-8(5-12-9)13(15)16;1-6(16-9(10)13)5-17-18-8-3-2-7(4-11-8)12(14)15/h3-7H,1-2H3;2-4,6H,5H2,1H3. The normalized spacial score (nSPS) is 12.8. The van der Waals surface area contributed by atoms with Gasteiger partial charge in [0.2, 0.25) is 0 Å². The summed E-state index contributed by atoms with van der Waals surface area (Å²) >= 11 is 10.2. The highest BCUT2D eigenvalue weighted by Gasteiger charge is 2.17. The molecule has 2 aromatic heterocycles. The number of aromatic nitrogens is 2. The van der Waals surface area contributed by atoms with Gasteiger partial charge in [-0.2, -0.15) is 0 Å². The third-order valence-electron chi connectivity index (χ3n) is 3.83. The van der Waals surface area contributed by atoms with E-state index in [2.05, 4.69) is 9.97 Å². The van der Waals surface area contributed by atoms with Gasteiger partial charge in [0.15, 0.2) is 0 Å². The maximum atomic E-state index is 10.6. The minimum absolute atomic E-state index is 0.00434. The fourth-order valence-corrected chi connectivity index (χ4v) is 6.48. The number of halogens is 2. The van der Waals surface area contributed by atoms with Gasteiger partial charge in [-0.3, -0.25) is 20.2 Å². The first-order chi connectivity index (χ1) is 17.4. The van der Waals surface area contributed by atoms with Crippen molar-refractivity contribution in [3.63, 3.8) is 0 Å². The molecule has 0 radical (unpaired) electrons. The van der Waals surface area contributed by atoms with Crippen molar-refractivity contribution in [3.8, 4) is 0 Å². The molecule has 12 nitrogen and oxygen atoms in total. The Balaban J connectivity index is 0.000000371. The van der Waals surface area contributed by atoms with Crippen molar-refractivity contribution in [2.45, 2.75) is 48.3 Å². The molecule has 0 amide bonds. The molecule has 18 heteroatoms. The molecule has 0 saturated carbocycles. The van der Waals surface area contributed by atoms with E-state index in [1.807, 2.05) is 6.92 Å². The van der Waals surface area contributed by atoms with Crippen molar-refractivity contribution in [1.82, 2.24) is 9.97 Å². The van der Waals surface area contributed by atoms with Crippen LogP contribution in [0.3, 0.4) is 0 Å². The minimum Gasteiger partial charge on any atom is -0.450 e. The number of ether oxygens (including phenoxy) is 2. The summed E-state index contributed by atoms with van der Waals surface area (Å²) in [6.45, 7) is 5.34. The lowest BCUT2D eigenvalue weighted by Gasteiger charge is -2.17. The molecule has 37 heavy (non-hydrogen) atoms. The van der Waals surface area contributed by atoms with Gasteiger partial charge in [-0.15, -0.1) is 0 Å². The first-order valence-corrected chi connectivity index (χ1v) is 15.2. The van der Waals surface area contributed by atoms with Gasteiger partial charge in [-0.25, -0.2) is 19.6 Å². The lowest BCUT2D eigenvalue weighted by Crippen LogP contribution is -2.20. The summed E-state index contributed by atoms with van der Waals surface area (Å²) in [5.41, 5.74) is -1.76. The van der Waals surface area contributed by atoms with Crippen LogP contribution in [0, 0.1) is 20.2 Å². The molecule has 3 unspecified atom stereocenters. The SMILES string of the molecule is CC(CSSc1ccc([N+](=O)[O-])cn1)OC(=O)Cl.CC(OC(=O)Cl)C(C)SSc1ccc([N+](=O)[O-])cn1. The van der Waals surface area contributed by atoms with E-state index in [1.54, 1.807) is 26.0 Å². The molecular formula is C19H20Cl2N4O8S4. The van der Waals surface area contributed by atoms with E-state index in [4.69, 9.17) is 32.7 Å². The molecule has 0 aliphatic heterocycles. The summed E-state index contributed by atoms with van der Waals surface area (Å²) < 4.78 is 9.55. The van der Waals surface area contributed by atoms with E-state index < -0.39 is 20.7 Å². The molecule has 2 heterocycles. The van der Waals surface area contributed by atoms with Gasteiger partial charge in [0.1, 0.15) is 34.7 Å². The monoisotopic (exact) mass is 630 g/mol. The van der Waals surface area contributed by atoms with Crippen LogP contribution in [0.15, 0.2) is 46.7 Å². The molecule has 0 N–H and O–H groups in total. The summed E-state index contributed by atoms with van der Waals surface area (Å²) in [6.07, 6.45) is 1.77. The van der Waals surface area contributed by atoms with Crippen LogP contribution in [0.2, 0.25) is 0 Å². The molecule has 0 aliphatic rings. The van der Waals surface area contributed by atoms with Crippen LogP contribution in [0.1, 0.15) is 20.8 Å². The van der Waals surface area contributed by atoms with E-state index in [0.717, 1.165) is 0 Å². The third-order valence-corrected chi connectivity index (χ3v) is 9.32. The zero-order chi connectivity index (χ0) is 28.0. The van der Waals surface area contributed by atoms with E-state index in [9.17, 15) is 29.8 Å². The highest BCUT2D eigenvalue weighted by atomic mass is 35.5. The van der Waals surface area contributed by atoms with Crippen LogP contribution < -0.4 is 0 Å². The smallest absolute Gasteiger partial charge is 0.404 e. The quantitative estimate of drug-likeness (QED) is 0.0985. The number of carbonyl (C=O) groups excluding carboxylic acids is 2. The first-order valence-electron chi connectivity index (χ1n) is 9.95. The van der Waals surface area contributed by atoms with Crippen LogP contribution in [0.5, 0.6) is 0 Å². The Labute approximate surface area is 237 Å². The average Bonchev–Trinajstić information content (AvgIpc) is 2.82. The van der Waals surface area contributed by atoms with E-state index >= 15 is 0 Å². The Morgan fingerprint density at radius 2 is 1.38 bits per heavy atom. The summed E-state index contributed by atoms with van der Waals surface area (Å²) in [5.74, 6) is 0.543. The van der Waals surface area contributed by atoms with Gasteiger partial charge < -0.3 is 9.47 Å². The van der Waals surface area contributed by atoms with Gasteiger partial charge >= 0.3 is 10.9 Å². The Kier molecular flexibility index (Phi) is 15.6. The maximum absolute atomic E-state index is 10.6. The van der Waals surface area contributed by atoms with Gasteiger partial charge in [0.05, 0.1) is 9.85 Å². The molecule has 2 rings (SSSR count). The van der Waals surface area contributed by atoms with Gasteiger partial charge in [0.25, 0.3) is 11.4 Å². The van der Waals surface area contributed by atoms with Gasteiger partial charge in [-0.1, -0.05) is 21.6 Å². The van der Waals surface area contributed by atoms with Crippen molar-refractivity contribution in [2.75, 3.05) is 5.75 Å². The lowest BCUT2D eigenvalue weighted by molar-refractivity contribution is -0.385. The molecule has 0 saturated heterocycles. The molecular weight excluding hydrogens is 611 g/mol. The average molecular weight is 632 g/mol. The number of pyridine rings is 2. The second kappa shape index (κ2) is 17.5. The fourth-order valence-electron chi connectivity index (χ4n) is 1.89. The lowest BCUT2D eigenvalue weighted by atomic mass is 10.3. The predicted molar refractivity (Wildman–Crippen MR) is 147 cm³/mol. The second-order valence-electron chi connectivity index (χ2n) is 6.70. The molecule has 2 aromatic rings. The molecule has 0 bridgehead atoms. The highest BCUT2D eigenvalue weighted by molar-refractivity contribution is 8.77. The van der Waals surface area contributed by atoms with Crippen LogP contribution in [0.25, 0.3) is 0 Å². The largest absolute Gasteiger partial charge is 0.450 e. The Morgan fingerprint density at radius 1 is 0.892 bits per heavy atom. The van der Waals surface area contributed by atoms with Crippen LogP contribution >= 0.6 is 66.4 Å². The number of nitrogens with zero attached hydrogens (tertiary/aromatic N) is 4. The van der Waals surface area contributed by atoms with E-state index in [-0.39, 0.29) is 28.8 Å². The van der Waals surface area contributed by atoms with Crippen LogP contribution in [0.4, 0.5) is 21.0 Å². The number of hydrogen-bond donors (Lipinski definition) is 0.